The van der Waals surface area contributed by atoms with Gasteiger partial charge in [0, 0.05) is 31.4 Å². The van der Waals surface area contributed by atoms with E-state index in [4.69, 9.17) is 5.84 Å². The fourth-order valence-corrected chi connectivity index (χ4v) is 4.00. The summed E-state index contributed by atoms with van der Waals surface area (Å²) in [5.74, 6) is 5.34. The van der Waals surface area contributed by atoms with E-state index >= 15 is 0 Å². The smallest absolute Gasteiger partial charge is 0.260 e. The van der Waals surface area contributed by atoms with Gasteiger partial charge in [-0.3, -0.25) is 10.7 Å². The molecule has 1 atom stereocenters. The van der Waals surface area contributed by atoms with Crippen LogP contribution < -0.4 is 16.0 Å². The Morgan fingerprint density at radius 2 is 2.15 bits per heavy atom. The SMILES string of the molecule is NNc1cccnc1S(=O)(=O)NC1CCN(C2CC2)C1. The monoisotopic (exact) mass is 297 g/mol. The highest BCUT2D eigenvalue weighted by Crippen LogP contribution is 2.30. The van der Waals surface area contributed by atoms with E-state index in [9.17, 15) is 8.42 Å². The second kappa shape index (κ2) is 5.28. The first-order valence-corrected chi connectivity index (χ1v) is 8.26. The molecule has 1 aliphatic heterocycles. The molecule has 110 valence electrons. The highest BCUT2D eigenvalue weighted by molar-refractivity contribution is 7.89. The molecule has 20 heavy (non-hydrogen) atoms. The average molecular weight is 297 g/mol. The first-order chi connectivity index (χ1) is 9.60. The molecule has 1 unspecified atom stereocenters. The number of aromatic nitrogens is 1. The first-order valence-electron chi connectivity index (χ1n) is 6.78. The van der Waals surface area contributed by atoms with Gasteiger partial charge < -0.3 is 5.43 Å². The lowest BCUT2D eigenvalue weighted by Crippen LogP contribution is -2.38. The quantitative estimate of drug-likeness (QED) is 0.517. The van der Waals surface area contributed by atoms with Crippen molar-refractivity contribution in [3.8, 4) is 0 Å². The molecule has 0 aromatic carbocycles. The Balaban J connectivity index is 1.72. The summed E-state index contributed by atoms with van der Waals surface area (Å²) in [6.07, 6.45) is 4.76. The number of sulfonamides is 1. The second-order valence-electron chi connectivity index (χ2n) is 5.33. The van der Waals surface area contributed by atoms with Crippen LogP contribution in [0.15, 0.2) is 23.4 Å². The Bertz CT molecular complexity index is 587. The molecule has 8 heteroatoms. The van der Waals surface area contributed by atoms with Crippen LogP contribution in [0.25, 0.3) is 0 Å². The van der Waals surface area contributed by atoms with E-state index in [1.807, 2.05) is 0 Å². The summed E-state index contributed by atoms with van der Waals surface area (Å²) in [5.41, 5.74) is 2.67. The van der Waals surface area contributed by atoms with E-state index in [1.54, 1.807) is 12.1 Å². The van der Waals surface area contributed by atoms with Crippen molar-refractivity contribution >= 4 is 15.7 Å². The number of nitrogens with two attached hydrogens (primary N) is 1. The van der Waals surface area contributed by atoms with Crippen LogP contribution in [0, 0.1) is 0 Å². The second-order valence-corrected chi connectivity index (χ2v) is 6.96. The van der Waals surface area contributed by atoms with Gasteiger partial charge >= 0.3 is 0 Å². The van der Waals surface area contributed by atoms with Gasteiger partial charge in [-0.25, -0.2) is 18.1 Å². The van der Waals surface area contributed by atoms with Crippen molar-refractivity contribution in [3.05, 3.63) is 18.3 Å². The summed E-state index contributed by atoms with van der Waals surface area (Å²) in [4.78, 5) is 6.28. The van der Waals surface area contributed by atoms with Crippen molar-refractivity contribution in [1.82, 2.24) is 14.6 Å². The van der Waals surface area contributed by atoms with Crippen molar-refractivity contribution in [1.29, 1.82) is 0 Å². The zero-order valence-electron chi connectivity index (χ0n) is 11.1. The number of likely N-dealkylation sites (tertiary alicyclic amines) is 1. The largest absolute Gasteiger partial charge is 0.321 e. The van der Waals surface area contributed by atoms with Crippen LogP contribution in [-0.4, -0.2) is 43.5 Å². The van der Waals surface area contributed by atoms with Gasteiger partial charge in [-0.2, -0.15) is 0 Å². The third-order valence-corrected chi connectivity index (χ3v) is 5.26. The summed E-state index contributed by atoms with van der Waals surface area (Å²) >= 11 is 0. The molecular weight excluding hydrogens is 278 g/mol. The zero-order chi connectivity index (χ0) is 14.2. The Kier molecular flexibility index (Phi) is 3.63. The lowest BCUT2D eigenvalue weighted by Gasteiger charge is -2.16. The summed E-state index contributed by atoms with van der Waals surface area (Å²) in [6, 6.07) is 3.85. The van der Waals surface area contributed by atoms with Gasteiger partial charge in [-0.15, -0.1) is 0 Å². The molecule has 0 bridgehead atoms. The zero-order valence-corrected chi connectivity index (χ0v) is 11.9. The third-order valence-electron chi connectivity index (χ3n) is 3.79. The predicted octanol–water partition coefficient (Wildman–Crippen LogP) is -0.118. The van der Waals surface area contributed by atoms with Crippen molar-refractivity contribution in [2.45, 2.75) is 36.4 Å². The van der Waals surface area contributed by atoms with Crippen molar-refractivity contribution < 1.29 is 8.42 Å². The summed E-state index contributed by atoms with van der Waals surface area (Å²) in [5, 5.41) is -0.0487. The maximum atomic E-state index is 12.4. The molecule has 4 N–H and O–H groups in total. The molecule has 7 nitrogen and oxygen atoms in total. The summed E-state index contributed by atoms with van der Waals surface area (Å²) in [6.45, 7) is 1.74. The molecule has 1 aromatic rings. The molecule has 1 aromatic heterocycles. The van der Waals surface area contributed by atoms with Crippen LogP contribution >= 0.6 is 0 Å². The molecule has 1 saturated heterocycles. The molecule has 3 rings (SSSR count). The van der Waals surface area contributed by atoms with Crippen LogP contribution in [0.5, 0.6) is 0 Å². The topological polar surface area (TPSA) is 100 Å². The summed E-state index contributed by atoms with van der Waals surface area (Å²) in [7, 11) is -3.65. The van der Waals surface area contributed by atoms with Gasteiger partial charge in [0.2, 0.25) is 0 Å². The molecule has 2 fully saturated rings. The molecule has 1 saturated carbocycles. The van der Waals surface area contributed by atoms with E-state index in [0.29, 0.717) is 11.7 Å². The van der Waals surface area contributed by atoms with E-state index in [-0.39, 0.29) is 11.1 Å². The maximum Gasteiger partial charge on any atom is 0.260 e. The van der Waals surface area contributed by atoms with E-state index < -0.39 is 10.0 Å². The van der Waals surface area contributed by atoms with E-state index in [0.717, 1.165) is 19.5 Å². The third kappa shape index (κ3) is 2.78. The molecule has 1 aliphatic carbocycles. The first kappa shape index (κ1) is 13.7. The van der Waals surface area contributed by atoms with Gasteiger partial charge in [-0.1, -0.05) is 0 Å². The van der Waals surface area contributed by atoms with Crippen molar-refractivity contribution in [2.24, 2.45) is 5.84 Å². The Morgan fingerprint density at radius 1 is 1.35 bits per heavy atom. The Hall–Kier alpha value is -1.22. The summed E-state index contributed by atoms with van der Waals surface area (Å²) < 4.78 is 27.5. The average Bonchev–Trinajstić information content (AvgIpc) is 3.20. The van der Waals surface area contributed by atoms with Crippen molar-refractivity contribution in [2.75, 3.05) is 18.5 Å². The Morgan fingerprint density at radius 3 is 2.85 bits per heavy atom. The van der Waals surface area contributed by atoms with Gasteiger partial charge in [0.1, 0.15) is 0 Å². The highest BCUT2D eigenvalue weighted by Gasteiger charge is 2.36. The van der Waals surface area contributed by atoms with Gasteiger partial charge in [0.15, 0.2) is 5.03 Å². The fraction of sp³-hybridized carbons (Fsp3) is 0.583. The minimum Gasteiger partial charge on any atom is -0.321 e. The standard InChI is InChI=1S/C12H19N5O2S/c13-15-11-2-1-6-14-12(11)20(18,19)16-9-5-7-17(8-9)10-3-4-10/h1-2,6,9-10,15-16H,3-5,7-8,13H2. The molecule has 2 heterocycles. The minimum atomic E-state index is -3.65. The van der Waals surface area contributed by atoms with Crippen LogP contribution in [0.3, 0.4) is 0 Å². The number of nitrogens with zero attached hydrogens (tertiary/aromatic N) is 2. The predicted molar refractivity (Wildman–Crippen MR) is 75.4 cm³/mol. The van der Waals surface area contributed by atoms with E-state index in [1.165, 1.54) is 19.0 Å². The lowest BCUT2D eigenvalue weighted by molar-refractivity contribution is 0.322. The maximum absolute atomic E-state index is 12.4. The van der Waals surface area contributed by atoms with Gasteiger partial charge in [-0.05, 0) is 31.4 Å². The van der Waals surface area contributed by atoms with Gasteiger partial charge in [0.05, 0.1) is 5.69 Å². The van der Waals surface area contributed by atoms with Crippen LogP contribution in [0.4, 0.5) is 5.69 Å². The fourth-order valence-electron chi connectivity index (χ4n) is 2.64. The van der Waals surface area contributed by atoms with Crippen molar-refractivity contribution in [3.63, 3.8) is 0 Å². The number of hydrogen-bond donors (Lipinski definition) is 3. The van der Waals surface area contributed by atoms with Crippen LogP contribution in [0.2, 0.25) is 0 Å². The number of nitrogen functional groups attached to an aromatic ring is 1. The molecule has 2 aliphatic rings. The molecule has 0 radical (unpaired) electrons. The highest BCUT2D eigenvalue weighted by atomic mass is 32.2. The number of nitrogens with one attached hydrogen (secondary N) is 2. The molecule has 0 amide bonds. The molecule has 0 spiro atoms. The Labute approximate surface area is 118 Å². The number of anilines is 1. The number of hydrazine groups is 1. The normalized spacial score (nSPS) is 23.9. The number of pyridine rings is 1. The van der Waals surface area contributed by atoms with Crippen LogP contribution in [0.1, 0.15) is 19.3 Å². The molecular formula is C12H19N5O2S. The van der Waals surface area contributed by atoms with Gasteiger partial charge in [0.25, 0.3) is 10.0 Å². The van der Waals surface area contributed by atoms with E-state index in [2.05, 4.69) is 20.0 Å². The number of rotatable bonds is 5. The lowest BCUT2D eigenvalue weighted by atomic mass is 10.3. The minimum absolute atomic E-state index is 0.0479. The van der Waals surface area contributed by atoms with Crippen LogP contribution in [-0.2, 0) is 10.0 Å². The number of hydrogen-bond acceptors (Lipinski definition) is 6.